The van der Waals surface area contributed by atoms with E-state index in [1.54, 1.807) is 6.20 Å². The Morgan fingerprint density at radius 1 is 1.47 bits per heavy atom. The van der Waals surface area contributed by atoms with Crippen molar-refractivity contribution in [3.8, 4) is 0 Å². The van der Waals surface area contributed by atoms with E-state index in [0.29, 0.717) is 5.02 Å². The third-order valence-electron chi connectivity index (χ3n) is 2.62. The van der Waals surface area contributed by atoms with Crippen molar-refractivity contribution >= 4 is 11.6 Å². The summed E-state index contributed by atoms with van der Waals surface area (Å²) >= 11 is 6.15. The maximum atomic E-state index is 6.15. The van der Waals surface area contributed by atoms with Crippen LogP contribution < -0.4 is 5.32 Å². The number of hydrogen-bond donors (Lipinski definition) is 1. The fraction of sp³-hybridized carbons (Fsp3) is 0.750. The van der Waals surface area contributed by atoms with Crippen LogP contribution in [-0.4, -0.2) is 29.5 Å². The second-order valence-electron chi connectivity index (χ2n) is 4.01. The smallest absolute Gasteiger partial charge is 0.0834 e. The Hall–Kier alpha value is -0.580. The zero-order valence-corrected chi connectivity index (χ0v) is 11.6. The Morgan fingerprint density at radius 3 is 2.76 bits per heavy atom. The lowest BCUT2D eigenvalue weighted by Crippen LogP contribution is -2.25. The molecule has 0 aliphatic carbocycles. The predicted molar refractivity (Wildman–Crippen MR) is 70.4 cm³/mol. The van der Waals surface area contributed by atoms with Crippen molar-refractivity contribution in [3.05, 3.63) is 16.9 Å². The van der Waals surface area contributed by atoms with Gasteiger partial charge < -0.3 is 10.1 Å². The number of rotatable bonds is 8. The van der Waals surface area contributed by atoms with Gasteiger partial charge >= 0.3 is 0 Å². The fourth-order valence-electron chi connectivity index (χ4n) is 1.84. The third kappa shape index (κ3) is 4.30. The van der Waals surface area contributed by atoms with Crippen LogP contribution in [0.5, 0.6) is 0 Å². The molecule has 1 atom stereocenters. The number of ether oxygens (including phenoxy) is 1. The standard InChI is InChI=1S/C12H22ClN3O/c1-4-7-17-8-6-11(14-5-2)12-10(13)9-15-16(12)3/h9,11,14H,4-8H2,1-3H3. The molecule has 0 aromatic carbocycles. The van der Waals surface area contributed by atoms with Gasteiger partial charge in [-0.3, -0.25) is 4.68 Å². The number of nitrogens with one attached hydrogen (secondary N) is 1. The van der Waals surface area contributed by atoms with E-state index in [4.69, 9.17) is 16.3 Å². The number of aromatic nitrogens is 2. The molecule has 5 heteroatoms. The number of hydrogen-bond acceptors (Lipinski definition) is 3. The molecule has 0 saturated carbocycles. The fourth-order valence-corrected chi connectivity index (χ4v) is 2.14. The molecule has 1 aromatic rings. The average Bonchev–Trinajstić information content (AvgIpc) is 2.63. The second-order valence-corrected chi connectivity index (χ2v) is 4.42. The highest BCUT2D eigenvalue weighted by Crippen LogP contribution is 2.24. The van der Waals surface area contributed by atoms with E-state index in [9.17, 15) is 0 Å². The van der Waals surface area contributed by atoms with Crippen LogP contribution in [0.4, 0.5) is 0 Å². The number of nitrogens with zero attached hydrogens (tertiary/aromatic N) is 2. The minimum absolute atomic E-state index is 0.205. The lowest BCUT2D eigenvalue weighted by Gasteiger charge is -2.18. The van der Waals surface area contributed by atoms with Crippen LogP contribution in [0.3, 0.4) is 0 Å². The normalized spacial score (nSPS) is 12.9. The van der Waals surface area contributed by atoms with Crippen LogP contribution in [0.1, 0.15) is 38.4 Å². The van der Waals surface area contributed by atoms with E-state index in [-0.39, 0.29) is 6.04 Å². The highest BCUT2D eigenvalue weighted by molar-refractivity contribution is 6.31. The van der Waals surface area contributed by atoms with Gasteiger partial charge in [0.25, 0.3) is 0 Å². The van der Waals surface area contributed by atoms with Gasteiger partial charge in [0.05, 0.1) is 23.0 Å². The molecule has 0 aliphatic rings. The van der Waals surface area contributed by atoms with Gasteiger partial charge in [0, 0.05) is 20.3 Å². The summed E-state index contributed by atoms with van der Waals surface area (Å²) in [6, 6.07) is 0.205. The molecule has 0 aliphatic heterocycles. The molecule has 1 heterocycles. The van der Waals surface area contributed by atoms with E-state index in [0.717, 1.165) is 38.3 Å². The van der Waals surface area contributed by atoms with Crippen molar-refractivity contribution in [2.75, 3.05) is 19.8 Å². The number of halogens is 1. The van der Waals surface area contributed by atoms with E-state index >= 15 is 0 Å². The summed E-state index contributed by atoms with van der Waals surface area (Å²) in [6.07, 6.45) is 3.65. The van der Waals surface area contributed by atoms with Gasteiger partial charge in [0.2, 0.25) is 0 Å². The van der Waals surface area contributed by atoms with Gasteiger partial charge in [-0.2, -0.15) is 5.10 Å². The van der Waals surface area contributed by atoms with Crippen molar-refractivity contribution in [3.63, 3.8) is 0 Å². The van der Waals surface area contributed by atoms with E-state index in [1.807, 2.05) is 11.7 Å². The summed E-state index contributed by atoms with van der Waals surface area (Å²) < 4.78 is 7.35. The van der Waals surface area contributed by atoms with Gasteiger partial charge in [-0.1, -0.05) is 25.4 Å². The molecule has 17 heavy (non-hydrogen) atoms. The first-order valence-electron chi connectivity index (χ1n) is 6.19. The maximum Gasteiger partial charge on any atom is 0.0834 e. The quantitative estimate of drug-likeness (QED) is 0.730. The minimum Gasteiger partial charge on any atom is -0.381 e. The Bertz CT molecular complexity index is 308. The molecule has 98 valence electrons. The molecule has 0 fully saturated rings. The molecule has 4 nitrogen and oxygen atoms in total. The topological polar surface area (TPSA) is 39.1 Å². The summed E-state index contributed by atoms with van der Waals surface area (Å²) in [6.45, 7) is 6.66. The first-order valence-corrected chi connectivity index (χ1v) is 6.57. The molecule has 0 saturated heterocycles. The minimum atomic E-state index is 0.205. The average molecular weight is 260 g/mol. The first kappa shape index (κ1) is 14.5. The third-order valence-corrected chi connectivity index (χ3v) is 2.91. The molecule has 1 rings (SSSR count). The molecule has 1 unspecified atom stereocenters. The summed E-state index contributed by atoms with van der Waals surface area (Å²) in [5.41, 5.74) is 1.04. The van der Waals surface area contributed by atoms with Crippen LogP contribution in [0.25, 0.3) is 0 Å². The molecule has 0 amide bonds. The summed E-state index contributed by atoms with van der Waals surface area (Å²) in [4.78, 5) is 0. The van der Waals surface area contributed by atoms with Crippen LogP contribution >= 0.6 is 11.6 Å². The van der Waals surface area contributed by atoms with Crippen LogP contribution in [-0.2, 0) is 11.8 Å². The van der Waals surface area contributed by atoms with Crippen molar-refractivity contribution in [2.24, 2.45) is 7.05 Å². The largest absolute Gasteiger partial charge is 0.381 e. The van der Waals surface area contributed by atoms with Gasteiger partial charge in [0.15, 0.2) is 0 Å². The maximum absolute atomic E-state index is 6.15. The lowest BCUT2D eigenvalue weighted by atomic mass is 10.1. The molecule has 1 aromatic heterocycles. The van der Waals surface area contributed by atoms with Crippen molar-refractivity contribution in [1.29, 1.82) is 0 Å². The van der Waals surface area contributed by atoms with Crippen molar-refractivity contribution < 1.29 is 4.74 Å². The first-order chi connectivity index (χ1) is 8.20. The van der Waals surface area contributed by atoms with Gasteiger partial charge in [-0.05, 0) is 19.4 Å². The van der Waals surface area contributed by atoms with Gasteiger partial charge in [0.1, 0.15) is 0 Å². The van der Waals surface area contributed by atoms with E-state index in [1.165, 1.54) is 0 Å². The zero-order chi connectivity index (χ0) is 12.7. The van der Waals surface area contributed by atoms with Gasteiger partial charge in [-0.15, -0.1) is 0 Å². The molecular weight excluding hydrogens is 238 g/mol. The second kappa shape index (κ2) is 7.69. The predicted octanol–water partition coefficient (Wildman–Crippen LogP) is 2.54. The van der Waals surface area contributed by atoms with Crippen molar-refractivity contribution in [1.82, 2.24) is 15.1 Å². The highest BCUT2D eigenvalue weighted by atomic mass is 35.5. The summed E-state index contributed by atoms with van der Waals surface area (Å²) in [5.74, 6) is 0. The molecule has 0 radical (unpaired) electrons. The zero-order valence-electron chi connectivity index (χ0n) is 10.9. The van der Waals surface area contributed by atoms with Gasteiger partial charge in [-0.25, -0.2) is 0 Å². The summed E-state index contributed by atoms with van der Waals surface area (Å²) in [5, 5.41) is 8.30. The molecular formula is C12H22ClN3O. The highest BCUT2D eigenvalue weighted by Gasteiger charge is 2.17. The van der Waals surface area contributed by atoms with Crippen molar-refractivity contribution in [2.45, 2.75) is 32.7 Å². The van der Waals surface area contributed by atoms with Crippen LogP contribution in [0, 0.1) is 0 Å². The Kier molecular flexibility index (Phi) is 6.55. The van der Waals surface area contributed by atoms with E-state index < -0.39 is 0 Å². The molecule has 0 spiro atoms. The van der Waals surface area contributed by atoms with Crippen LogP contribution in [0.2, 0.25) is 5.02 Å². The van der Waals surface area contributed by atoms with Crippen LogP contribution in [0.15, 0.2) is 6.20 Å². The SMILES string of the molecule is CCCOCCC(NCC)c1c(Cl)cnn1C. The molecule has 1 N–H and O–H groups in total. The monoisotopic (exact) mass is 259 g/mol. The Balaban J connectivity index is 2.59. The molecule has 0 bridgehead atoms. The lowest BCUT2D eigenvalue weighted by molar-refractivity contribution is 0.124. The Labute approximate surface area is 108 Å². The van der Waals surface area contributed by atoms with E-state index in [2.05, 4.69) is 24.3 Å². The number of aryl methyl sites for hydroxylation is 1. The Morgan fingerprint density at radius 2 is 2.24 bits per heavy atom. The summed E-state index contributed by atoms with van der Waals surface area (Å²) in [7, 11) is 1.92.